The van der Waals surface area contributed by atoms with Crippen molar-refractivity contribution in [1.82, 2.24) is 0 Å². The van der Waals surface area contributed by atoms with Crippen molar-refractivity contribution in [3.63, 3.8) is 0 Å². The van der Waals surface area contributed by atoms with Crippen molar-refractivity contribution in [2.24, 2.45) is 5.92 Å². The van der Waals surface area contributed by atoms with E-state index in [-0.39, 0.29) is 18.9 Å². The van der Waals surface area contributed by atoms with Crippen molar-refractivity contribution in [3.05, 3.63) is 82.9 Å². The van der Waals surface area contributed by atoms with Crippen LogP contribution in [-0.4, -0.2) is 30.9 Å². The van der Waals surface area contributed by atoms with Crippen molar-refractivity contribution in [3.8, 4) is 11.5 Å². The second-order valence-corrected chi connectivity index (χ2v) is 9.15. The number of ether oxygens (including phenoxy) is 2. The average molecular weight is 487 g/mol. The summed E-state index contributed by atoms with van der Waals surface area (Å²) in [5.74, 6) is -0.377. The second kappa shape index (κ2) is 10.6. The van der Waals surface area contributed by atoms with Gasteiger partial charge in [-0.3, -0.25) is 14.4 Å². The van der Waals surface area contributed by atoms with Crippen LogP contribution in [0.3, 0.4) is 0 Å². The number of hydrogen-bond acceptors (Lipinski definition) is 5. The van der Waals surface area contributed by atoms with Crippen LogP contribution in [0.15, 0.2) is 60.7 Å². The highest BCUT2D eigenvalue weighted by atomic mass is 16.5. The number of nitrogens with zero attached hydrogens (tertiary/aromatic N) is 1. The maximum absolute atomic E-state index is 12.6. The lowest BCUT2D eigenvalue weighted by molar-refractivity contribution is -0.151. The molecular weight excluding hydrogens is 456 g/mol. The Hall–Kier alpha value is -4.13. The van der Waals surface area contributed by atoms with Gasteiger partial charge in [-0.15, -0.1) is 0 Å². The first-order chi connectivity index (χ1) is 17.2. The first-order valence-electron chi connectivity index (χ1n) is 11.9. The number of anilines is 2. The maximum Gasteiger partial charge on any atom is 0.311 e. The molecular formula is C29H30N2O5. The molecule has 3 aromatic rings. The zero-order valence-corrected chi connectivity index (χ0v) is 21.0. The minimum atomic E-state index is -0.627. The minimum absolute atomic E-state index is 0.0400. The summed E-state index contributed by atoms with van der Waals surface area (Å²) in [6, 6.07) is 18.7. The van der Waals surface area contributed by atoms with Crippen LogP contribution in [0.1, 0.15) is 28.7 Å². The van der Waals surface area contributed by atoms with Crippen LogP contribution < -0.4 is 15.0 Å². The van der Waals surface area contributed by atoms with Gasteiger partial charge in [0.1, 0.15) is 11.5 Å². The van der Waals surface area contributed by atoms with Crippen LogP contribution in [0.25, 0.3) is 0 Å². The fraction of sp³-hybridized carbons (Fsp3) is 0.276. The van der Waals surface area contributed by atoms with Gasteiger partial charge in [0.25, 0.3) is 5.91 Å². The van der Waals surface area contributed by atoms with Gasteiger partial charge in [0.15, 0.2) is 6.61 Å². The van der Waals surface area contributed by atoms with Crippen LogP contribution in [-0.2, 0) is 19.1 Å². The Labute approximate surface area is 211 Å². The molecule has 36 heavy (non-hydrogen) atoms. The van der Waals surface area contributed by atoms with Gasteiger partial charge in [-0.25, -0.2) is 0 Å². The van der Waals surface area contributed by atoms with Crippen LogP contribution in [0.5, 0.6) is 11.5 Å². The molecule has 186 valence electrons. The van der Waals surface area contributed by atoms with Crippen molar-refractivity contribution in [1.29, 1.82) is 0 Å². The number of amides is 2. The standard InChI is InChI=1S/C29H30N2O5/c1-18-8-11-25(14-20(18)3)36-24-12-9-23(10-13-24)31-16-22(15-28(31)33)29(34)35-17-27(32)30-26-7-5-6-19(2)21(26)4/h5-14,22H,15-17H2,1-4H3,(H,30,32)/t22-/m1/s1. The fourth-order valence-corrected chi connectivity index (χ4v) is 4.05. The number of carbonyl (C=O) groups excluding carboxylic acids is 3. The fourth-order valence-electron chi connectivity index (χ4n) is 4.05. The molecule has 0 aromatic heterocycles. The largest absolute Gasteiger partial charge is 0.457 e. The van der Waals surface area contributed by atoms with Gasteiger partial charge < -0.3 is 19.7 Å². The van der Waals surface area contributed by atoms with E-state index in [1.54, 1.807) is 35.2 Å². The number of benzene rings is 3. The summed E-state index contributed by atoms with van der Waals surface area (Å²) in [5.41, 5.74) is 5.71. The first kappa shape index (κ1) is 25.0. The Morgan fingerprint density at radius 3 is 2.36 bits per heavy atom. The number of nitrogens with one attached hydrogen (secondary N) is 1. The third-order valence-corrected chi connectivity index (χ3v) is 6.55. The Kier molecular flexibility index (Phi) is 7.38. The number of aryl methyl sites for hydroxylation is 3. The molecule has 1 heterocycles. The predicted octanol–water partition coefficient (Wildman–Crippen LogP) is 5.25. The van der Waals surface area contributed by atoms with Gasteiger partial charge in [-0.2, -0.15) is 0 Å². The molecule has 1 aliphatic heterocycles. The predicted molar refractivity (Wildman–Crippen MR) is 138 cm³/mol. The second-order valence-electron chi connectivity index (χ2n) is 9.15. The lowest BCUT2D eigenvalue weighted by atomic mass is 10.1. The highest BCUT2D eigenvalue weighted by Gasteiger charge is 2.36. The molecule has 0 aliphatic carbocycles. The molecule has 1 saturated heterocycles. The normalized spacial score (nSPS) is 15.1. The molecule has 1 fully saturated rings. The van der Waals surface area contributed by atoms with Crippen molar-refractivity contribution in [2.75, 3.05) is 23.4 Å². The van der Waals surface area contributed by atoms with Crippen molar-refractivity contribution in [2.45, 2.75) is 34.1 Å². The molecule has 2 amide bonds. The molecule has 0 unspecified atom stereocenters. The van der Waals surface area contributed by atoms with Crippen LogP contribution in [0, 0.1) is 33.6 Å². The molecule has 1 aliphatic rings. The summed E-state index contributed by atoms with van der Waals surface area (Å²) in [6.07, 6.45) is 0.0400. The smallest absolute Gasteiger partial charge is 0.311 e. The van der Waals surface area contributed by atoms with Crippen molar-refractivity contribution < 1.29 is 23.9 Å². The third-order valence-electron chi connectivity index (χ3n) is 6.55. The molecule has 3 aromatic carbocycles. The monoisotopic (exact) mass is 486 g/mol. The van der Waals surface area contributed by atoms with Crippen LogP contribution in [0.4, 0.5) is 11.4 Å². The van der Waals surface area contributed by atoms with E-state index < -0.39 is 24.4 Å². The summed E-state index contributed by atoms with van der Waals surface area (Å²) >= 11 is 0. The van der Waals surface area contributed by atoms with E-state index in [0.29, 0.717) is 17.1 Å². The van der Waals surface area contributed by atoms with E-state index in [2.05, 4.69) is 5.32 Å². The summed E-state index contributed by atoms with van der Waals surface area (Å²) in [7, 11) is 0. The number of carbonyl (C=O) groups is 3. The van der Waals surface area contributed by atoms with Gasteiger partial charge in [-0.05, 0) is 92.4 Å². The van der Waals surface area contributed by atoms with Crippen LogP contribution in [0.2, 0.25) is 0 Å². The zero-order chi connectivity index (χ0) is 25.8. The first-order valence-corrected chi connectivity index (χ1v) is 11.9. The van der Waals surface area contributed by atoms with Crippen LogP contribution >= 0.6 is 0 Å². The zero-order valence-electron chi connectivity index (χ0n) is 21.0. The highest BCUT2D eigenvalue weighted by Crippen LogP contribution is 2.30. The number of hydrogen-bond donors (Lipinski definition) is 1. The van der Waals surface area contributed by atoms with Gasteiger partial charge in [0.2, 0.25) is 5.91 Å². The van der Waals surface area contributed by atoms with E-state index in [4.69, 9.17) is 9.47 Å². The Morgan fingerprint density at radius 1 is 0.917 bits per heavy atom. The molecule has 0 saturated carbocycles. The van der Waals surface area contributed by atoms with E-state index in [9.17, 15) is 14.4 Å². The lowest BCUT2D eigenvalue weighted by Crippen LogP contribution is -2.28. The molecule has 0 spiro atoms. The van der Waals surface area contributed by atoms with E-state index in [1.165, 1.54) is 5.56 Å². The minimum Gasteiger partial charge on any atom is -0.457 e. The summed E-state index contributed by atoms with van der Waals surface area (Å²) in [6.45, 7) is 7.75. The molecule has 7 nitrogen and oxygen atoms in total. The van der Waals surface area contributed by atoms with Crippen molar-refractivity contribution >= 4 is 29.2 Å². The molecule has 7 heteroatoms. The summed E-state index contributed by atoms with van der Waals surface area (Å²) < 4.78 is 11.1. The van der Waals surface area contributed by atoms with Gasteiger partial charge in [0, 0.05) is 24.3 Å². The Bertz CT molecular complexity index is 1300. The molecule has 1 N–H and O–H groups in total. The quantitative estimate of drug-likeness (QED) is 0.461. The SMILES string of the molecule is Cc1ccc(Oc2ccc(N3C[C@H](C(=O)OCC(=O)Nc4cccc(C)c4C)CC3=O)cc2)cc1C. The van der Waals surface area contributed by atoms with E-state index in [1.807, 2.05) is 58.0 Å². The summed E-state index contributed by atoms with van der Waals surface area (Å²) in [4.78, 5) is 39.0. The Morgan fingerprint density at radius 2 is 1.64 bits per heavy atom. The topological polar surface area (TPSA) is 84.9 Å². The lowest BCUT2D eigenvalue weighted by Gasteiger charge is -2.17. The van der Waals surface area contributed by atoms with E-state index >= 15 is 0 Å². The summed E-state index contributed by atoms with van der Waals surface area (Å²) in [5, 5.41) is 2.76. The highest BCUT2D eigenvalue weighted by molar-refractivity contribution is 6.00. The molecule has 1 atom stereocenters. The maximum atomic E-state index is 12.6. The molecule has 0 radical (unpaired) electrons. The number of rotatable bonds is 7. The van der Waals surface area contributed by atoms with E-state index in [0.717, 1.165) is 22.4 Å². The van der Waals surface area contributed by atoms with Gasteiger partial charge in [-0.1, -0.05) is 18.2 Å². The van der Waals surface area contributed by atoms with Gasteiger partial charge in [0.05, 0.1) is 5.92 Å². The molecule has 4 rings (SSSR count). The Balaban J connectivity index is 1.30. The van der Waals surface area contributed by atoms with Gasteiger partial charge >= 0.3 is 5.97 Å². The molecule has 0 bridgehead atoms. The average Bonchev–Trinajstić information content (AvgIpc) is 3.25. The number of esters is 1. The third kappa shape index (κ3) is 5.74.